The highest BCUT2D eigenvalue weighted by atomic mass is 15.3. The predicted molar refractivity (Wildman–Crippen MR) is 80.0 cm³/mol. The van der Waals surface area contributed by atoms with Gasteiger partial charge in [-0.05, 0) is 24.5 Å². The zero-order valence-electron chi connectivity index (χ0n) is 11.8. The molecule has 3 heteroatoms. The Morgan fingerprint density at radius 2 is 1.94 bits per heavy atom. The molecule has 0 aromatic heterocycles. The minimum absolute atomic E-state index is 0.535. The van der Waals surface area contributed by atoms with Crippen LogP contribution in [-0.2, 0) is 0 Å². The fraction of sp³-hybridized carbons (Fsp3) is 0.533. The maximum Gasteiger partial charge on any atom is 0.195 e. The van der Waals surface area contributed by atoms with Crippen LogP contribution < -0.4 is 10.6 Å². The van der Waals surface area contributed by atoms with Crippen LogP contribution in [0, 0.1) is 5.92 Å². The van der Waals surface area contributed by atoms with Gasteiger partial charge in [-0.1, -0.05) is 45.4 Å². The normalized spacial score (nSPS) is 11.9. The maximum absolute atomic E-state index is 6.11. The SMILES string of the molecule is CCCCN(C(N)=NCC(C)C)c1ccccc1. The molecule has 0 saturated carbocycles. The summed E-state index contributed by atoms with van der Waals surface area (Å²) in [7, 11) is 0. The van der Waals surface area contributed by atoms with Gasteiger partial charge in [-0.3, -0.25) is 4.99 Å². The summed E-state index contributed by atoms with van der Waals surface area (Å²) < 4.78 is 0. The maximum atomic E-state index is 6.11. The third-order valence-corrected chi connectivity index (χ3v) is 2.70. The summed E-state index contributed by atoms with van der Waals surface area (Å²) in [6.07, 6.45) is 2.27. The molecule has 1 rings (SSSR count). The van der Waals surface area contributed by atoms with Crippen molar-refractivity contribution in [3.63, 3.8) is 0 Å². The largest absolute Gasteiger partial charge is 0.370 e. The molecular weight excluding hydrogens is 222 g/mol. The van der Waals surface area contributed by atoms with Crippen molar-refractivity contribution < 1.29 is 0 Å². The molecule has 0 atom stereocenters. The van der Waals surface area contributed by atoms with Crippen molar-refractivity contribution in [3.8, 4) is 0 Å². The number of unbranched alkanes of at least 4 members (excludes halogenated alkanes) is 1. The van der Waals surface area contributed by atoms with E-state index in [2.05, 4.69) is 42.8 Å². The van der Waals surface area contributed by atoms with Gasteiger partial charge in [0, 0.05) is 18.8 Å². The van der Waals surface area contributed by atoms with E-state index in [1.165, 1.54) is 0 Å². The average molecular weight is 247 g/mol. The van der Waals surface area contributed by atoms with Crippen molar-refractivity contribution in [3.05, 3.63) is 30.3 Å². The molecule has 0 unspecified atom stereocenters. The van der Waals surface area contributed by atoms with Gasteiger partial charge < -0.3 is 10.6 Å². The van der Waals surface area contributed by atoms with Crippen LogP contribution in [0.2, 0.25) is 0 Å². The number of para-hydroxylation sites is 1. The van der Waals surface area contributed by atoms with Crippen molar-refractivity contribution in [1.82, 2.24) is 0 Å². The van der Waals surface area contributed by atoms with E-state index in [9.17, 15) is 0 Å². The monoisotopic (exact) mass is 247 g/mol. The predicted octanol–water partition coefficient (Wildman–Crippen LogP) is 3.26. The average Bonchev–Trinajstić information content (AvgIpc) is 2.38. The molecule has 0 spiro atoms. The molecule has 1 aromatic rings. The lowest BCUT2D eigenvalue weighted by atomic mass is 10.2. The van der Waals surface area contributed by atoms with E-state index >= 15 is 0 Å². The third kappa shape index (κ3) is 4.78. The summed E-state index contributed by atoms with van der Waals surface area (Å²) in [5.74, 6) is 1.16. The Hall–Kier alpha value is -1.51. The van der Waals surface area contributed by atoms with E-state index in [4.69, 9.17) is 5.73 Å². The lowest BCUT2D eigenvalue weighted by molar-refractivity contribution is 0.662. The zero-order valence-corrected chi connectivity index (χ0v) is 11.8. The van der Waals surface area contributed by atoms with Crippen LogP contribution >= 0.6 is 0 Å². The van der Waals surface area contributed by atoms with E-state index in [1.807, 2.05) is 18.2 Å². The molecular formula is C15H25N3. The Morgan fingerprint density at radius 3 is 2.50 bits per heavy atom. The van der Waals surface area contributed by atoms with Crippen LogP contribution in [0.5, 0.6) is 0 Å². The van der Waals surface area contributed by atoms with Crippen LogP contribution in [0.1, 0.15) is 33.6 Å². The smallest absolute Gasteiger partial charge is 0.195 e. The molecule has 0 saturated heterocycles. The number of guanidine groups is 1. The minimum atomic E-state index is 0.535. The van der Waals surface area contributed by atoms with E-state index in [0.717, 1.165) is 31.6 Å². The van der Waals surface area contributed by atoms with Crippen LogP contribution in [0.25, 0.3) is 0 Å². The Bertz CT molecular complexity index is 357. The molecule has 0 aliphatic rings. The number of nitrogens with two attached hydrogens (primary N) is 1. The van der Waals surface area contributed by atoms with Gasteiger partial charge in [0.05, 0.1) is 0 Å². The first kappa shape index (κ1) is 14.6. The molecule has 0 amide bonds. The fourth-order valence-electron chi connectivity index (χ4n) is 1.66. The highest BCUT2D eigenvalue weighted by molar-refractivity contribution is 5.94. The lowest BCUT2D eigenvalue weighted by Gasteiger charge is -2.23. The van der Waals surface area contributed by atoms with E-state index in [-0.39, 0.29) is 0 Å². The molecule has 0 heterocycles. The van der Waals surface area contributed by atoms with Crippen LogP contribution in [0.4, 0.5) is 5.69 Å². The first-order valence-electron chi connectivity index (χ1n) is 6.77. The highest BCUT2D eigenvalue weighted by Gasteiger charge is 2.09. The zero-order chi connectivity index (χ0) is 13.4. The number of benzene rings is 1. The second-order valence-corrected chi connectivity index (χ2v) is 4.93. The van der Waals surface area contributed by atoms with Crippen LogP contribution in [0.3, 0.4) is 0 Å². The molecule has 2 N–H and O–H groups in total. The Kier molecular flexibility index (Phi) is 6.26. The van der Waals surface area contributed by atoms with Gasteiger partial charge in [0.25, 0.3) is 0 Å². The molecule has 0 bridgehead atoms. The second kappa shape index (κ2) is 7.75. The number of anilines is 1. The first-order chi connectivity index (χ1) is 8.65. The number of hydrogen-bond donors (Lipinski definition) is 1. The highest BCUT2D eigenvalue weighted by Crippen LogP contribution is 2.14. The fourth-order valence-corrected chi connectivity index (χ4v) is 1.66. The lowest BCUT2D eigenvalue weighted by Crippen LogP contribution is -2.38. The number of rotatable bonds is 6. The standard InChI is InChI=1S/C15H25N3/c1-4-5-11-18(14-9-7-6-8-10-14)15(16)17-12-13(2)3/h6-10,13H,4-5,11-12H2,1-3H3,(H2,16,17). The van der Waals surface area contributed by atoms with Crippen molar-refractivity contribution in [2.45, 2.75) is 33.6 Å². The molecule has 100 valence electrons. The number of aliphatic imine (C=N–C) groups is 1. The van der Waals surface area contributed by atoms with E-state index in [0.29, 0.717) is 11.9 Å². The molecule has 0 fully saturated rings. The number of nitrogens with zero attached hydrogens (tertiary/aromatic N) is 2. The Morgan fingerprint density at radius 1 is 1.28 bits per heavy atom. The van der Waals surface area contributed by atoms with Crippen molar-refractivity contribution in [1.29, 1.82) is 0 Å². The molecule has 0 radical (unpaired) electrons. The summed E-state index contributed by atoms with van der Waals surface area (Å²) in [5.41, 5.74) is 7.24. The van der Waals surface area contributed by atoms with Gasteiger partial charge in [0.2, 0.25) is 0 Å². The molecule has 0 aliphatic carbocycles. The Labute approximate surface area is 111 Å². The van der Waals surface area contributed by atoms with Gasteiger partial charge in [-0.2, -0.15) is 0 Å². The van der Waals surface area contributed by atoms with Crippen molar-refractivity contribution in [2.75, 3.05) is 18.0 Å². The van der Waals surface area contributed by atoms with Gasteiger partial charge in [-0.25, -0.2) is 0 Å². The summed E-state index contributed by atoms with van der Waals surface area (Å²) in [6, 6.07) is 10.2. The third-order valence-electron chi connectivity index (χ3n) is 2.70. The molecule has 18 heavy (non-hydrogen) atoms. The quantitative estimate of drug-likeness (QED) is 0.619. The van der Waals surface area contributed by atoms with Crippen molar-refractivity contribution in [2.24, 2.45) is 16.6 Å². The first-order valence-corrected chi connectivity index (χ1v) is 6.77. The van der Waals surface area contributed by atoms with Gasteiger partial charge in [0.1, 0.15) is 0 Å². The van der Waals surface area contributed by atoms with Gasteiger partial charge >= 0.3 is 0 Å². The van der Waals surface area contributed by atoms with E-state index in [1.54, 1.807) is 0 Å². The minimum Gasteiger partial charge on any atom is -0.370 e. The second-order valence-electron chi connectivity index (χ2n) is 4.93. The Balaban J connectivity index is 2.81. The number of hydrogen-bond acceptors (Lipinski definition) is 1. The summed E-state index contributed by atoms with van der Waals surface area (Å²) >= 11 is 0. The topological polar surface area (TPSA) is 41.6 Å². The van der Waals surface area contributed by atoms with Crippen molar-refractivity contribution >= 4 is 11.6 Å². The van der Waals surface area contributed by atoms with Crippen LogP contribution in [-0.4, -0.2) is 19.0 Å². The summed E-state index contributed by atoms with van der Waals surface area (Å²) in [4.78, 5) is 6.58. The van der Waals surface area contributed by atoms with E-state index < -0.39 is 0 Å². The molecule has 3 nitrogen and oxygen atoms in total. The van der Waals surface area contributed by atoms with Crippen LogP contribution in [0.15, 0.2) is 35.3 Å². The van der Waals surface area contributed by atoms with Gasteiger partial charge in [-0.15, -0.1) is 0 Å². The molecule has 1 aromatic carbocycles. The summed E-state index contributed by atoms with van der Waals surface area (Å²) in [6.45, 7) is 8.19. The summed E-state index contributed by atoms with van der Waals surface area (Å²) in [5, 5.41) is 0. The van der Waals surface area contributed by atoms with Gasteiger partial charge in [0.15, 0.2) is 5.96 Å². The molecule has 0 aliphatic heterocycles.